The van der Waals surface area contributed by atoms with Crippen LogP contribution in [0.5, 0.6) is 0 Å². The summed E-state index contributed by atoms with van der Waals surface area (Å²) in [6.45, 7) is 2.43. The number of carbonyl (C=O) groups excluding carboxylic acids is 1. The number of carbonyl (C=O) groups is 2. The van der Waals surface area contributed by atoms with Gasteiger partial charge in [0.2, 0.25) is 0 Å². The van der Waals surface area contributed by atoms with Crippen molar-refractivity contribution in [2.75, 3.05) is 6.61 Å². The minimum atomic E-state index is -1.04. The van der Waals surface area contributed by atoms with Gasteiger partial charge < -0.3 is 9.84 Å². The van der Waals surface area contributed by atoms with Crippen molar-refractivity contribution in [1.82, 2.24) is 0 Å². The van der Waals surface area contributed by atoms with E-state index in [9.17, 15) is 14.7 Å². The van der Waals surface area contributed by atoms with Gasteiger partial charge in [-0.05, 0) is 54.4 Å². The monoisotopic (exact) mass is 402 g/mol. The molecule has 0 amide bonds. The summed E-state index contributed by atoms with van der Waals surface area (Å²) in [5.41, 5.74) is 2.27. The fourth-order valence-corrected chi connectivity index (χ4v) is 7.97. The summed E-state index contributed by atoms with van der Waals surface area (Å²) in [6, 6.07) is 16.9. The summed E-state index contributed by atoms with van der Waals surface area (Å²) in [7, 11) is 0. The Morgan fingerprint density at radius 3 is 1.87 bits per heavy atom. The highest BCUT2D eigenvalue weighted by Gasteiger charge is 2.90. The number of hydrogen-bond donors (Lipinski definition) is 1. The van der Waals surface area contributed by atoms with Crippen molar-refractivity contribution in [2.45, 2.75) is 56.3 Å². The lowest BCUT2D eigenvalue weighted by Gasteiger charge is -2.47. The van der Waals surface area contributed by atoms with Gasteiger partial charge in [-0.25, -0.2) is 0 Å². The summed E-state index contributed by atoms with van der Waals surface area (Å²) in [4.78, 5) is 26.3. The first kappa shape index (κ1) is 18.2. The number of benzene rings is 2. The number of ether oxygens (including phenoxy) is 1. The molecular formula is C26H26O4. The Morgan fingerprint density at radius 2 is 1.37 bits per heavy atom. The van der Waals surface area contributed by atoms with E-state index in [1.54, 1.807) is 0 Å². The third-order valence-corrected chi connectivity index (χ3v) is 8.95. The molecule has 30 heavy (non-hydrogen) atoms. The van der Waals surface area contributed by atoms with Crippen LogP contribution in [0.2, 0.25) is 0 Å². The Morgan fingerprint density at radius 1 is 0.867 bits per heavy atom. The summed E-state index contributed by atoms with van der Waals surface area (Å²) in [6.07, 6.45) is 3.99. The first-order valence-corrected chi connectivity index (χ1v) is 11.1. The van der Waals surface area contributed by atoms with Crippen molar-refractivity contribution in [1.29, 1.82) is 0 Å². The zero-order valence-corrected chi connectivity index (χ0v) is 17.2. The van der Waals surface area contributed by atoms with Crippen LogP contribution in [0.4, 0.5) is 0 Å². The molecule has 7 rings (SSSR count). The molecule has 2 unspecified atom stereocenters. The molecule has 5 aliphatic carbocycles. The van der Waals surface area contributed by atoms with Crippen molar-refractivity contribution in [3.63, 3.8) is 0 Å². The number of carboxylic acids is 1. The van der Waals surface area contributed by atoms with Gasteiger partial charge >= 0.3 is 11.9 Å². The molecule has 2 aromatic carbocycles. The zero-order chi connectivity index (χ0) is 20.8. The van der Waals surface area contributed by atoms with Gasteiger partial charge in [0, 0.05) is 10.8 Å². The van der Waals surface area contributed by atoms with E-state index in [0.29, 0.717) is 32.3 Å². The molecule has 5 aliphatic rings. The van der Waals surface area contributed by atoms with Crippen LogP contribution in [0.15, 0.2) is 48.5 Å². The second-order valence-electron chi connectivity index (χ2n) is 9.92. The van der Waals surface area contributed by atoms with E-state index < -0.39 is 16.8 Å². The van der Waals surface area contributed by atoms with E-state index in [2.05, 4.69) is 55.5 Å². The highest BCUT2D eigenvalue weighted by Crippen LogP contribution is 2.88. The van der Waals surface area contributed by atoms with E-state index in [1.165, 1.54) is 22.3 Å². The van der Waals surface area contributed by atoms with Crippen LogP contribution in [0.1, 0.15) is 56.6 Å². The topological polar surface area (TPSA) is 63.6 Å². The molecule has 4 fully saturated rings. The first-order chi connectivity index (χ1) is 14.5. The number of rotatable bonds is 5. The second-order valence-corrected chi connectivity index (χ2v) is 9.92. The molecule has 4 saturated carbocycles. The fourth-order valence-electron chi connectivity index (χ4n) is 7.97. The van der Waals surface area contributed by atoms with Crippen LogP contribution in [-0.2, 0) is 25.2 Å². The molecule has 0 heterocycles. The normalized spacial score (nSPS) is 36.3. The third-order valence-electron chi connectivity index (χ3n) is 8.95. The van der Waals surface area contributed by atoms with Crippen LogP contribution >= 0.6 is 0 Å². The number of aliphatic carboxylic acids is 1. The van der Waals surface area contributed by atoms with Crippen molar-refractivity contribution >= 4 is 11.9 Å². The van der Waals surface area contributed by atoms with Crippen LogP contribution in [0.3, 0.4) is 0 Å². The molecule has 154 valence electrons. The van der Waals surface area contributed by atoms with Crippen molar-refractivity contribution < 1.29 is 19.4 Å². The number of hydrogen-bond acceptors (Lipinski definition) is 3. The largest absolute Gasteiger partial charge is 0.481 e. The maximum Gasteiger partial charge on any atom is 0.313 e. The Hall–Kier alpha value is -2.62. The van der Waals surface area contributed by atoms with Gasteiger partial charge in [0.25, 0.3) is 0 Å². The number of fused-ring (bicyclic) bond motifs is 3. The highest BCUT2D eigenvalue weighted by atomic mass is 16.5. The van der Waals surface area contributed by atoms with Gasteiger partial charge in [0.1, 0.15) is 0 Å². The smallest absolute Gasteiger partial charge is 0.313 e. The Balaban J connectivity index is 1.60. The molecule has 1 N–H and O–H groups in total. The summed E-state index contributed by atoms with van der Waals surface area (Å²) >= 11 is 0. The van der Waals surface area contributed by atoms with Gasteiger partial charge in [-0.3, -0.25) is 9.59 Å². The van der Waals surface area contributed by atoms with Crippen molar-refractivity contribution in [3.8, 4) is 11.1 Å². The van der Waals surface area contributed by atoms with E-state index in [0.717, 1.165) is 12.8 Å². The summed E-state index contributed by atoms with van der Waals surface area (Å²) in [5, 5.41) is 10.5. The molecule has 4 nitrogen and oxygen atoms in total. The Labute approximate surface area is 176 Å². The van der Waals surface area contributed by atoms with E-state index in [-0.39, 0.29) is 16.8 Å². The molecule has 4 heteroatoms. The van der Waals surface area contributed by atoms with Gasteiger partial charge in [-0.2, -0.15) is 0 Å². The predicted molar refractivity (Wildman–Crippen MR) is 112 cm³/mol. The first-order valence-electron chi connectivity index (χ1n) is 11.1. The van der Waals surface area contributed by atoms with E-state index >= 15 is 0 Å². The summed E-state index contributed by atoms with van der Waals surface area (Å²) in [5.74, 6) is -1.11. The molecule has 2 aromatic rings. The SMILES string of the molecule is CCCCOC(=O)C12CC34CC1(C(=O)O)CC3(C2)c1ccccc1-c1ccccc14. The molecular weight excluding hydrogens is 376 g/mol. The quantitative estimate of drug-likeness (QED) is 0.574. The number of unbranched alkanes of at least 4 members (excludes halogenated alkanes) is 1. The zero-order valence-electron chi connectivity index (χ0n) is 17.2. The van der Waals surface area contributed by atoms with Gasteiger partial charge in [0.05, 0.1) is 17.4 Å². The average molecular weight is 402 g/mol. The molecule has 4 bridgehead atoms. The van der Waals surface area contributed by atoms with Gasteiger partial charge in [-0.15, -0.1) is 0 Å². The maximum absolute atomic E-state index is 13.5. The lowest BCUT2D eigenvalue weighted by Crippen LogP contribution is -2.45. The predicted octanol–water partition coefficient (Wildman–Crippen LogP) is 4.84. The molecule has 0 aromatic heterocycles. The van der Waals surface area contributed by atoms with Gasteiger partial charge in [0.15, 0.2) is 0 Å². The van der Waals surface area contributed by atoms with Crippen LogP contribution < -0.4 is 0 Å². The van der Waals surface area contributed by atoms with Gasteiger partial charge in [-0.1, -0.05) is 61.9 Å². The molecule has 0 radical (unpaired) electrons. The lowest BCUT2D eigenvalue weighted by atomic mass is 9.55. The Kier molecular flexibility index (Phi) is 3.36. The third kappa shape index (κ3) is 1.69. The fraction of sp³-hybridized carbons (Fsp3) is 0.462. The van der Waals surface area contributed by atoms with E-state index in [4.69, 9.17) is 4.74 Å². The Bertz CT molecular complexity index is 1040. The highest BCUT2D eigenvalue weighted by molar-refractivity contribution is 5.95. The molecule has 2 spiro atoms. The lowest BCUT2D eigenvalue weighted by molar-refractivity contribution is -0.172. The average Bonchev–Trinajstić information content (AvgIpc) is 3.42. The van der Waals surface area contributed by atoms with Crippen molar-refractivity contribution in [2.24, 2.45) is 10.8 Å². The second kappa shape index (κ2) is 5.54. The summed E-state index contributed by atoms with van der Waals surface area (Å²) < 4.78 is 5.73. The van der Waals surface area contributed by atoms with Crippen LogP contribution in [0.25, 0.3) is 11.1 Å². The van der Waals surface area contributed by atoms with Crippen LogP contribution in [0, 0.1) is 10.8 Å². The van der Waals surface area contributed by atoms with Crippen molar-refractivity contribution in [3.05, 3.63) is 59.7 Å². The maximum atomic E-state index is 13.5. The van der Waals surface area contributed by atoms with E-state index in [1.807, 2.05) is 0 Å². The van der Waals surface area contributed by atoms with Crippen LogP contribution in [-0.4, -0.2) is 23.7 Å². The molecule has 0 aliphatic heterocycles. The number of esters is 1. The number of carboxylic acid groups (broad SMARTS) is 1. The standard InChI is InChI=1S/C26H26O4/c1-2-3-12-30-22(29)26-15-23-13-25(26,21(27)28)14-24(23,16-26)20-11-7-5-9-18(20)17-8-4-6-10-19(17)23/h4-11H,2-3,12-16H2,1H3,(H,27,28). The molecule has 0 saturated heterocycles. The minimum Gasteiger partial charge on any atom is -0.481 e. The minimum absolute atomic E-state index is 0.281. The molecule has 2 atom stereocenters.